The second-order valence-corrected chi connectivity index (χ2v) is 5.45. The summed E-state index contributed by atoms with van der Waals surface area (Å²) < 4.78 is 16.1. The van der Waals surface area contributed by atoms with Crippen LogP contribution in [-0.4, -0.2) is 30.8 Å². The maximum absolute atomic E-state index is 12.4. The summed E-state index contributed by atoms with van der Waals surface area (Å²) in [4.78, 5) is 24.2. The number of hydrogen-bond acceptors (Lipinski definition) is 5. The molecule has 1 aromatic rings. The molecule has 1 aliphatic heterocycles. The smallest absolute Gasteiger partial charge is 0.350 e. The van der Waals surface area contributed by atoms with Gasteiger partial charge in [-0.05, 0) is 38.8 Å². The summed E-state index contributed by atoms with van der Waals surface area (Å²) in [6.45, 7) is 5.78. The van der Waals surface area contributed by atoms with Crippen LogP contribution >= 0.6 is 0 Å². The fourth-order valence-corrected chi connectivity index (χ4v) is 2.71. The molecule has 0 aliphatic carbocycles. The number of ether oxygens (including phenoxy) is 3. The molecule has 2 atom stereocenters. The lowest BCUT2D eigenvalue weighted by atomic mass is 9.79. The summed E-state index contributed by atoms with van der Waals surface area (Å²) in [7, 11) is 0. The number of hydrogen-bond donors (Lipinski definition) is 0. The van der Waals surface area contributed by atoms with Crippen LogP contribution in [0.2, 0.25) is 0 Å². The Morgan fingerprint density at radius 3 is 2.59 bits per heavy atom. The molecule has 0 aromatic heterocycles. The van der Waals surface area contributed by atoms with Crippen molar-refractivity contribution in [3.05, 3.63) is 29.8 Å². The minimum Gasteiger partial charge on any atom is -0.475 e. The predicted octanol–water partition coefficient (Wildman–Crippen LogP) is 2.51. The maximum atomic E-state index is 12.4. The quantitative estimate of drug-likeness (QED) is 0.782. The molecule has 22 heavy (non-hydrogen) atoms. The van der Waals surface area contributed by atoms with E-state index in [1.807, 2.05) is 24.3 Å². The highest BCUT2D eigenvalue weighted by atomic mass is 16.6. The molecule has 0 N–H and O–H groups in total. The van der Waals surface area contributed by atoms with E-state index in [0.717, 1.165) is 5.56 Å². The fraction of sp³-hybridized carbons (Fsp3) is 0.529. The highest BCUT2D eigenvalue weighted by Gasteiger charge is 2.49. The molecule has 0 bridgehead atoms. The second kappa shape index (κ2) is 6.81. The maximum Gasteiger partial charge on any atom is 0.350 e. The number of fused-ring (bicyclic) bond motifs is 1. The molecule has 120 valence electrons. The largest absolute Gasteiger partial charge is 0.475 e. The SMILES string of the molecule is CCOC(=O)C[C@H]1Cc2ccccc2O[C@]1(C)C(=O)OCC. The first-order valence-electron chi connectivity index (χ1n) is 7.61. The van der Waals surface area contributed by atoms with Gasteiger partial charge in [0.05, 0.1) is 19.6 Å². The van der Waals surface area contributed by atoms with Crippen molar-refractivity contribution in [1.29, 1.82) is 0 Å². The molecule has 0 amide bonds. The van der Waals surface area contributed by atoms with Gasteiger partial charge in [0.15, 0.2) is 0 Å². The number of benzene rings is 1. The summed E-state index contributed by atoms with van der Waals surface area (Å²) >= 11 is 0. The van der Waals surface area contributed by atoms with Crippen LogP contribution in [0, 0.1) is 5.92 Å². The highest BCUT2D eigenvalue weighted by molar-refractivity contribution is 5.82. The van der Waals surface area contributed by atoms with E-state index in [1.165, 1.54) is 0 Å². The molecule has 5 heteroatoms. The molecule has 0 radical (unpaired) electrons. The highest BCUT2D eigenvalue weighted by Crippen LogP contribution is 2.39. The van der Waals surface area contributed by atoms with Gasteiger partial charge >= 0.3 is 11.9 Å². The van der Waals surface area contributed by atoms with Gasteiger partial charge < -0.3 is 14.2 Å². The Hall–Kier alpha value is -2.04. The summed E-state index contributed by atoms with van der Waals surface area (Å²) in [5, 5.41) is 0. The molecule has 0 unspecified atom stereocenters. The third kappa shape index (κ3) is 3.24. The van der Waals surface area contributed by atoms with Crippen LogP contribution < -0.4 is 4.74 Å². The summed E-state index contributed by atoms with van der Waals surface area (Å²) in [6, 6.07) is 7.54. The van der Waals surface area contributed by atoms with Crippen LogP contribution in [0.1, 0.15) is 32.8 Å². The van der Waals surface area contributed by atoms with E-state index in [9.17, 15) is 9.59 Å². The van der Waals surface area contributed by atoms with E-state index in [4.69, 9.17) is 14.2 Å². The zero-order valence-corrected chi connectivity index (χ0v) is 13.3. The molecule has 1 heterocycles. The second-order valence-electron chi connectivity index (χ2n) is 5.45. The first-order chi connectivity index (χ1) is 10.5. The minimum absolute atomic E-state index is 0.123. The van der Waals surface area contributed by atoms with Gasteiger partial charge in [-0.2, -0.15) is 0 Å². The van der Waals surface area contributed by atoms with Gasteiger partial charge in [0, 0.05) is 5.92 Å². The molecule has 0 saturated carbocycles. The van der Waals surface area contributed by atoms with Crippen molar-refractivity contribution in [1.82, 2.24) is 0 Å². The van der Waals surface area contributed by atoms with Crippen LogP contribution in [0.4, 0.5) is 0 Å². The van der Waals surface area contributed by atoms with Gasteiger partial charge in [-0.1, -0.05) is 18.2 Å². The molecule has 2 rings (SSSR count). The topological polar surface area (TPSA) is 61.8 Å². The summed E-state index contributed by atoms with van der Waals surface area (Å²) in [5.74, 6) is -0.427. The Kier molecular flexibility index (Phi) is 5.06. The van der Waals surface area contributed by atoms with Crippen LogP contribution in [0.25, 0.3) is 0 Å². The van der Waals surface area contributed by atoms with Crippen molar-refractivity contribution in [3.8, 4) is 5.75 Å². The van der Waals surface area contributed by atoms with Crippen molar-refractivity contribution in [2.45, 2.75) is 39.2 Å². The van der Waals surface area contributed by atoms with Crippen molar-refractivity contribution >= 4 is 11.9 Å². The average molecular weight is 306 g/mol. The Morgan fingerprint density at radius 1 is 1.23 bits per heavy atom. The number of rotatable bonds is 5. The number of para-hydroxylation sites is 1. The van der Waals surface area contributed by atoms with E-state index in [1.54, 1.807) is 20.8 Å². The van der Waals surface area contributed by atoms with Gasteiger partial charge in [-0.3, -0.25) is 4.79 Å². The molecule has 1 aromatic carbocycles. The first-order valence-corrected chi connectivity index (χ1v) is 7.61. The zero-order valence-electron chi connectivity index (χ0n) is 13.3. The number of carbonyl (C=O) groups is 2. The van der Waals surface area contributed by atoms with Gasteiger partial charge in [0.2, 0.25) is 5.60 Å². The number of esters is 2. The van der Waals surface area contributed by atoms with E-state index in [0.29, 0.717) is 18.8 Å². The molecular weight excluding hydrogens is 284 g/mol. The fourth-order valence-electron chi connectivity index (χ4n) is 2.71. The molecule has 0 spiro atoms. The summed E-state index contributed by atoms with van der Waals surface area (Å²) in [5.41, 5.74) is -0.199. The van der Waals surface area contributed by atoms with Crippen LogP contribution in [0.3, 0.4) is 0 Å². The molecule has 0 fully saturated rings. The first kappa shape index (κ1) is 16.3. The van der Waals surface area contributed by atoms with Crippen molar-refractivity contribution in [3.63, 3.8) is 0 Å². The van der Waals surface area contributed by atoms with E-state index < -0.39 is 11.6 Å². The number of carbonyl (C=O) groups excluding carboxylic acids is 2. The van der Waals surface area contributed by atoms with Gasteiger partial charge in [-0.15, -0.1) is 0 Å². The Morgan fingerprint density at radius 2 is 1.91 bits per heavy atom. The van der Waals surface area contributed by atoms with Crippen LogP contribution in [0.5, 0.6) is 5.75 Å². The third-order valence-corrected chi connectivity index (χ3v) is 3.94. The Bertz CT molecular complexity index is 554. The summed E-state index contributed by atoms with van der Waals surface area (Å²) in [6.07, 6.45) is 0.696. The lowest BCUT2D eigenvalue weighted by Crippen LogP contribution is -2.53. The predicted molar refractivity (Wildman–Crippen MR) is 80.6 cm³/mol. The van der Waals surface area contributed by atoms with E-state index in [-0.39, 0.29) is 24.9 Å². The normalized spacial score (nSPS) is 23.1. The van der Waals surface area contributed by atoms with Crippen LogP contribution in [0.15, 0.2) is 24.3 Å². The lowest BCUT2D eigenvalue weighted by Gasteiger charge is -2.39. The van der Waals surface area contributed by atoms with Gasteiger partial charge in [0.1, 0.15) is 5.75 Å². The molecular formula is C17H22O5. The standard InChI is InChI=1S/C17H22O5/c1-4-20-15(18)11-13-10-12-8-6-7-9-14(12)22-17(13,3)16(19)21-5-2/h6-9,13H,4-5,10-11H2,1-3H3/t13-,17+/m1/s1. The van der Waals surface area contributed by atoms with Crippen LogP contribution in [-0.2, 0) is 25.5 Å². The van der Waals surface area contributed by atoms with Gasteiger partial charge in [-0.25, -0.2) is 4.79 Å². The molecule has 1 aliphatic rings. The molecule has 5 nitrogen and oxygen atoms in total. The lowest BCUT2D eigenvalue weighted by molar-refractivity contribution is -0.169. The average Bonchev–Trinajstić information content (AvgIpc) is 2.48. The third-order valence-electron chi connectivity index (χ3n) is 3.94. The van der Waals surface area contributed by atoms with E-state index in [2.05, 4.69) is 0 Å². The van der Waals surface area contributed by atoms with Gasteiger partial charge in [0.25, 0.3) is 0 Å². The Balaban J connectivity index is 2.29. The zero-order chi connectivity index (χ0) is 16.2. The van der Waals surface area contributed by atoms with E-state index >= 15 is 0 Å². The van der Waals surface area contributed by atoms with Crippen molar-refractivity contribution in [2.75, 3.05) is 13.2 Å². The van der Waals surface area contributed by atoms with Crippen molar-refractivity contribution < 1.29 is 23.8 Å². The molecule has 0 saturated heterocycles. The van der Waals surface area contributed by atoms with Crippen molar-refractivity contribution in [2.24, 2.45) is 5.92 Å². The Labute approximate surface area is 130 Å². The monoisotopic (exact) mass is 306 g/mol. The minimum atomic E-state index is -1.18.